The van der Waals surface area contributed by atoms with Crippen molar-refractivity contribution in [3.05, 3.63) is 397 Å². The Morgan fingerprint density at radius 2 is 0.688 bits per heavy atom. The van der Waals surface area contributed by atoms with Crippen LogP contribution in [-0.2, 0) is 16.2 Å². The third-order valence-corrected chi connectivity index (χ3v) is 23.5. The van der Waals surface area contributed by atoms with Crippen molar-refractivity contribution in [3.63, 3.8) is 0 Å². The fourth-order valence-electron chi connectivity index (χ4n) is 18.6. The van der Waals surface area contributed by atoms with Crippen molar-refractivity contribution in [1.29, 1.82) is 0 Å². The summed E-state index contributed by atoms with van der Waals surface area (Å²) in [5.74, 6) is 0. The van der Waals surface area contributed by atoms with Gasteiger partial charge in [0.25, 0.3) is 6.71 Å². The first-order chi connectivity index (χ1) is 56.7. The van der Waals surface area contributed by atoms with Crippen LogP contribution in [0.25, 0.3) is 117 Å². The lowest BCUT2D eigenvalue weighted by Gasteiger charge is -2.46. The molecule has 516 valence electrons. The van der Waals surface area contributed by atoms with Crippen LogP contribution < -0.4 is 26.2 Å². The minimum atomic E-state index is -0.719. The van der Waals surface area contributed by atoms with E-state index in [-0.39, 0.29) is 44.7 Å². The van der Waals surface area contributed by atoms with Crippen molar-refractivity contribution in [2.24, 2.45) is 0 Å². The van der Waals surface area contributed by atoms with Gasteiger partial charge >= 0.3 is 0 Å². The highest BCUT2D eigenvalue weighted by Crippen LogP contribution is 2.65. The number of benzene rings is 16. The number of hydrogen-bond acceptors (Lipinski definition) is 2. The zero-order valence-electron chi connectivity index (χ0n) is 69.4. The van der Waals surface area contributed by atoms with E-state index >= 15 is 0 Å². The van der Waals surface area contributed by atoms with Crippen LogP contribution in [-0.4, -0.2) is 11.3 Å². The number of hydrogen-bond donors (Lipinski definition) is 0. The van der Waals surface area contributed by atoms with E-state index in [4.69, 9.17) is 0 Å². The van der Waals surface area contributed by atoms with Gasteiger partial charge in [0.15, 0.2) is 0 Å². The monoisotopic (exact) mass is 1400 g/mol. The molecule has 0 unspecified atom stereocenters. The lowest BCUT2D eigenvalue weighted by atomic mass is 9.33. The Labute approximate surface area is 650 Å². The molecule has 0 radical (unpaired) electrons. The van der Waals surface area contributed by atoms with Gasteiger partial charge in [-0.25, -0.2) is 0 Å². The number of para-hydroxylation sites is 4. The van der Waals surface area contributed by atoms with Crippen molar-refractivity contribution in [2.75, 3.05) is 9.80 Å². The molecule has 4 heteroatoms. The fourth-order valence-corrected chi connectivity index (χ4v) is 18.6. The highest BCUT2D eigenvalue weighted by Gasteiger charge is 2.53. The summed E-state index contributed by atoms with van der Waals surface area (Å²) in [7, 11) is 0. The van der Waals surface area contributed by atoms with E-state index in [0.717, 1.165) is 123 Å². The zero-order valence-corrected chi connectivity index (χ0v) is 61.4. The molecule has 0 saturated carbocycles. The molecule has 2 aliphatic carbocycles. The van der Waals surface area contributed by atoms with Gasteiger partial charge in [-0.2, -0.15) is 0 Å². The maximum absolute atomic E-state index is 10.2. The second-order valence-electron chi connectivity index (χ2n) is 31.6. The average molecular weight is 1400 g/mol. The van der Waals surface area contributed by atoms with Crippen molar-refractivity contribution in [3.8, 4) is 94.7 Å². The third kappa shape index (κ3) is 9.77. The minimum absolute atomic E-state index is 0.0108. The number of anilines is 6. The maximum atomic E-state index is 10.2. The molecule has 0 atom stereocenters. The minimum Gasteiger partial charge on any atom is -0.310 e. The van der Waals surface area contributed by atoms with Gasteiger partial charge in [0.05, 0.1) is 44.5 Å². The first kappa shape index (κ1) is 56.3. The molecule has 2 aliphatic heterocycles. The molecule has 109 heavy (non-hydrogen) atoms. The zero-order chi connectivity index (χ0) is 80.0. The number of rotatable bonds is 9. The highest BCUT2D eigenvalue weighted by molar-refractivity contribution is 7.00. The molecule has 17 aromatic rings. The molecule has 0 fully saturated rings. The van der Waals surface area contributed by atoms with Crippen LogP contribution in [0.5, 0.6) is 0 Å². The van der Waals surface area contributed by atoms with E-state index in [0.29, 0.717) is 5.69 Å². The summed E-state index contributed by atoms with van der Waals surface area (Å²) in [5, 5.41) is -0.0215. The van der Waals surface area contributed by atoms with Gasteiger partial charge < -0.3 is 14.4 Å². The van der Waals surface area contributed by atoms with E-state index in [2.05, 4.69) is 355 Å². The van der Waals surface area contributed by atoms with Gasteiger partial charge in [-0.15, -0.1) is 0 Å². The average Bonchev–Trinajstić information content (AvgIpc) is 1.60. The Bertz CT molecular complexity index is 6800. The Balaban J connectivity index is 0.975. The Hall–Kier alpha value is -13.0. The molecular formula is C105H78BN3. The van der Waals surface area contributed by atoms with Crippen molar-refractivity contribution < 1.29 is 11.0 Å². The molecular weight excluding hydrogens is 1310 g/mol. The molecule has 0 amide bonds. The molecule has 4 aliphatic rings. The van der Waals surface area contributed by atoms with E-state index < -0.39 is 48.4 Å². The van der Waals surface area contributed by atoms with Crippen LogP contribution in [0.1, 0.15) is 85.9 Å². The first-order valence-corrected chi connectivity index (χ1v) is 37.8. The van der Waals surface area contributed by atoms with Gasteiger partial charge in [0, 0.05) is 55.8 Å². The Morgan fingerprint density at radius 3 is 1.16 bits per heavy atom. The van der Waals surface area contributed by atoms with Crippen molar-refractivity contribution in [1.82, 2.24) is 4.57 Å². The first-order valence-electron chi connectivity index (χ1n) is 41.8. The lowest BCUT2D eigenvalue weighted by Crippen LogP contribution is -2.61. The molecule has 21 rings (SSSR count). The molecule has 3 nitrogen and oxygen atoms in total. The summed E-state index contributed by atoms with van der Waals surface area (Å²) in [4.78, 5) is 4.92. The largest absolute Gasteiger partial charge is 0.310 e. The summed E-state index contributed by atoms with van der Waals surface area (Å²) >= 11 is 0. The summed E-state index contributed by atoms with van der Waals surface area (Å²) in [6.45, 7) is 13.2. The third-order valence-electron chi connectivity index (χ3n) is 23.5. The molecule has 0 bridgehead atoms. The summed E-state index contributed by atoms with van der Waals surface area (Å²) in [5.41, 5.74) is 31.3. The Kier molecular flexibility index (Phi) is 12.7. The lowest BCUT2D eigenvalue weighted by molar-refractivity contribution is 0.569. The van der Waals surface area contributed by atoms with Gasteiger partial charge in [0.1, 0.15) is 0 Å². The van der Waals surface area contributed by atoms with Crippen molar-refractivity contribution in [2.45, 2.75) is 57.8 Å². The summed E-state index contributed by atoms with van der Waals surface area (Å²) < 4.78 is 79.9. The highest BCUT2D eigenvalue weighted by atomic mass is 15.2. The SMILES string of the molecule is [2H]c1c([2H])c([2H])c2c(c1[2H])c1c([2H])c([2H])c([2H])c([2H])c1n2-c1cc2c3c(c1)N(c1c(-c4ccccc4)cccc1-c1ccccc1)c1cc(-c4cccc5c4C4(c6ccccc6-c6ccccc64)c4ccccc4-5)ccc1B3c1cc(-c3cc(C(C)(C)C)cc(C(C)(C)C)c3)ccc1N2c1c(-c2ccccc2)cccc1-c1ccccc1. The standard InChI is InChI=1S/C105H78BN3/c1-103(2,3)74-60-73(61-75(64-74)104(4,5)6)71-57-59-95-92(62-71)106-91-58-56-72(77-45-29-50-87-84-42-21-26-53-90(84)105(99(77)87)88-51-24-19-40-82(88)83-41-20-25-52-89(83)105)63-96(91)109(102-80(69-36-15-9-16-37-69)48-31-49-81(102)70-38-17-10-18-39-70)98-66-76(107-93-54-27-22-43-85(93)86-44-23-28-55-94(86)107)65-97(100(98)106)108(95)101-78(67-32-11-7-12-33-67)46-30-47-79(101)68-34-13-8-14-35-68/h7-66H,1-6H3/i22D,23D,27D,28D,43D,44D,54D,55D. The van der Waals surface area contributed by atoms with Crippen molar-refractivity contribution >= 4 is 79.0 Å². The summed E-state index contributed by atoms with van der Waals surface area (Å²) in [6.07, 6.45) is 0. The van der Waals surface area contributed by atoms with Gasteiger partial charge in [-0.1, -0.05) is 369 Å². The molecule has 16 aromatic carbocycles. The fraction of sp³-hybridized carbons (Fsp3) is 0.0857. The van der Waals surface area contributed by atoms with Gasteiger partial charge in [-0.3, -0.25) is 0 Å². The van der Waals surface area contributed by atoms with Crippen LogP contribution in [0.15, 0.2) is 364 Å². The van der Waals surface area contributed by atoms with Crippen LogP contribution in [0.4, 0.5) is 34.1 Å². The maximum Gasteiger partial charge on any atom is 0.252 e. The predicted molar refractivity (Wildman–Crippen MR) is 461 cm³/mol. The summed E-state index contributed by atoms with van der Waals surface area (Å²) in [6, 6.07) is 111. The number of nitrogens with zero attached hydrogens (tertiary/aromatic N) is 3. The predicted octanol–water partition coefficient (Wildman–Crippen LogP) is 25.8. The van der Waals surface area contributed by atoms with Gasteiger partial charge in [0.2, 0.25) is 0 Å². The topological polar surface area (TPSA) is 11.4 Å². The molecule has 3 heterocycles. The van der Waals surface area contributed by atoms with Gasteiger partial charge in [-0.05, 0) is 164 Å². The van der Waals surface area contributed by atoms with Crippen LogP contribution in [0.3, 0.4) is 0 Å². The second kappa shape index (κ2) is 24.5. The molecule has 1 aromatic heterocycles. The second-order valence-corrected chi connectivity index (χ2v) is 31.6. The quantitative estimate of drug-likeness (QED) is 0.133. The van der Waals surface area contributed by atoms with E-state index in [9.17, 15) is 11.0 Å². The number of aromatic nitrogens is 1. The molecule has 0 saturated heterocycles. The smallest absolute Gasteiger partial charge is 0.252 e. The normalized spacial score (nSPS) is 14.5. The van der Waals surface area contributed by atoms with E-state index in [1.165, 1.54) is 50.1 Å². The van der Waals surface area contributed by atoms with Crippen LogP contribution in [0, 0.1) is 0 Å². The van der Waals surface area contributed by atoms with Crippen LogP contribution in [0.2, 0.25) is 0 Å². The molecule has 1 spiro atoms. The molecule has 0 N–H and O–H groups in total. The van der Waals surface area contributed by atoms with E-state index in [1.54, 1.807) is 4.57 Å². The van der Waals surface area contributed by atoms with E-state index in [1.807, 2.05) is 12.1 Å². The van der Waals surface area contributed by atoms with Crippen LogP contribution >= 0.6 is 0 Å². The number of fused-ring (bicyclic) bond motifs is 17. The Morgan fingerprint density at radius 1 is 0.294 bits per heavy atom.